The van der Waals surface area contributed by atoms with Crippen molar-refractivity contribution in [3.05, 3.63) is 198 Å². The van der Waals surface area contributed by atoms with Crippen LogP contribution in [0.1, 0.15) is 33.7 Å². The molecule has 9 aromatic rings. The Hall–Kier alpha value is -6.18. The van der Waals surface area contributed by atoms with E-state index in [1.165, 1.54) is 99.5 Å². The first kappa shape index (κ1) is 26.8. The molecule has 1 unspecified atom stereocenters. The molecule has 49 heavy (non-hydrogen) atoms. The molecule has 0 saturated heterocycles. The van der Waals surface area contributed by atoms with E-state index in [1.807, 2.05) is 0 Å². The van der Waals surface area contributed by atoms with E-state index in [9.17, 15) is 0 Å². The van der Waals surface area contributed by atoms with Crippen LogP contribution < -0.4 is 0 Å². The Morgan fingerprint density at radius 3 is 2.02 bits per heavy atom. The fourth-order valence-electron chi connectivity index (χ4n) is 8.90. The molecular weight excluding hydrogens is 591 g/mol. The Kier molecular flexibility index (Phi) is 5.57. The third kappa shape index (κ3) is 3.87. The maximum Gasteiger partial charge on any atom is 0.0544 e. The summed E-state index contributed by atoms with van der Waals surface area (Å²) in [5.74, 6) is 0.211. The van der Waals surface area contributed by atoms with E-state index in [-0.39, 0.29) is 5.92 Å². The van der Waals surface area contributed by atoms with Gasteiger partial charge in [0.25, 0.3) is 0 Å². The molecule has 0 amide bonds. The molecule has 1 heteroatoms. The molecule has 228 valence electrons. The van der Waals surface area contributed by atoms with Gasteiger partial charge in [0.05, 0.1) is 11.0 Å². The van der Waals surface area contributed by atoms with Gasteiger partial charge in [0, 0.05) is 22.4 Å². The first-order valence-corrected chi connectivity index (χ1v) is 17.3. The summed E-state index contributed by atoms with van der Waals surface area (Å²) in [5.41, 5.74) is 18.6. The Labute approximate surface area is 285 Å². The standard InChI is InChI=1S/C48H31N/c1-2-14-35(15-3-1)49-46-24-22-32(27-44(46)45-29-42-34(28-47(45)49)25-33-12-5-7-17-37(33)42)31-21-23-41-43(26-31)38-18-8-9-19-40(38)48(41)39-20-10-13-30-11-4-6-16-36(30)39/h1-24,26-29,48H,25H2. The summed E-state index contributed by atoms with van der Waals surface area (Å²) in [5, 5.41) is 5.22. The van der Waals surface area contributed by atoms with Crippen LogP contribution in [0.2, 0.25) is 0 Å². The first-order chi connectivity index (χ1) is 24.3. The summed E-state index contributed by atoms with van der Waals surface area (Å²) in [6, 6.07) is 63.4. The van der Waals surface area contributed by atoms with Crippen molar-refractivity contribution < 1.29 is 0 Å². The largest absolute Gasteiger partial charge is 0.309 e. The molecular formula is C48H31N. The Balaban J connectivity index is 1.11. The fraction of sp³-hybridized carbons (Fsp3) is 0.0417. The zero-order chi connectivity index (χ0) is 32.1. The highest BCUT2D eigenvalue weighted by molar-refractivity contribution is 6.12. The van der Waals surface area contributed by atoms with Gasteiger partial charge in [-0.15, -0.1) is 0 Å². The third-order valence-corrected chi connectivity index (χ3v) is 11.1. The molecule has 11 rings (SSSR count). The molecule has 0 saturated carbocycles. The fourth-order valence-corrected chi connectivity index (χ4v) is 8.90. The number of para-hydroxylation sites is 1. The van der Waals surface area contributed by atoms with Gasteiger partial charge in [0.1, 0.15) is 0 Å². The molecule has 0 N–H and O–H groups in total. The number of nitrogens with zero attached hydrogens (tertiary/aromatic N) is 1. The molecule has 0 radical (unpaired) electrons. The normalized spacial score (nSPS) is 14.2. The van der Waals surface area contributed by atoms with Crippen LogP contribution in [0.3, 0.4) is 0 Å². The van der Waals surface area contributed by atoms with Crippen molar-refractivity contribution in [2.75, 3.05) is 0 Å². The van der Waals surface area contributed by atoms with Crippen molar-refractivity contribution in [1.29, 1.82) is 0 Å². The van der Waals surface area contributed by atoms with E-state index < -0.39 is 0 Å². The Morgan fingerprint density at radius 1 is 0.388 bits per heavy atom. The van der Waals surface area contributed by atoms with E-state index in [4.69, 9.17) is 0 Å². The van der Waals surface area contributed by atoms with Crippen LogP contribution in [0.15, 0.2) is 170 Å². The maximum absolute atomic E-state index is 2.45. The van der Waals surface area contributed by atoms with Crippen LogP contribution in [0, 0.1) is 0 Å². The second-order valence-electron chi connectivity index (χ2n) is 13.7. The molecule has 1 atom stereocenters. The molecule has 0 fully saturated rings. The lowest BCUT2D eigenvalue weighted by atomic mass is 9.86. The number of hydrogen-bond acceptors (Lipinski definition) is 0. The summed E-state index contributed by atoms with van der Waals surface area (Å²) < 4.78 is 2.45. The molecule has 0 spiro atoms. The minimum Gasteiger partial charge on any atom is -0.309 e. The predicted molar refractivity (Wildman–Crippen MR) is 205 cm³/mol. The van der Waals surface area contributed by atoms with Gasteiger partial charge in [0.15, 0.2) is 0 Å². The van der Waals surface area contributed by atoms with Crippen molar-refractivity contribution >= 4 is 32.6 Å². The lowest BCUT2D eigenvalue weighted by molar-refractivity contribution is 1.03. The van der Waals surface area contributed by atoms with Crippen LogP contribution in [-0.2, 0) is 6.42 Å². The minimum absolute atomic E-state index is 0.211. The number of aromatic nitrogens is 1. The summed E-state index contributed by atoms with van der Waals surface area (Å²) in [6.07, 6.45) is 0.985. The molecule has 0 bridgehead atoms. The van der Waals surface area contributed by atoms with E-state index >= 15 is 0 Å². The van der Waals surface area contributed by atoms with Gasteiger partial charge in [-0.25, -0.2) is 0 Å². The number of hydrogen-bond donors (Lipinski definition) is 0. The van der Waals surface area contributed by atoms with Gasteiger partial charge in [-0.1, -0.05) is 127 Å². The molecule has 8 aromatic carbocycles. The highest BCUT2D eigenvalue weighted by Gasteiger charge is 2.31. The van der Waals surface area contributed by atoms with Crippen molar-refractivity contribution in [3.8, 4) is 39.1 Å². The zero-order valence-electron chi connectivity index (χ0n) is 26.9. The molecule has 2 aliphatic carbocycles. The Bertz CT molecular complexity index is 2790. The van der Waals surface area contributed by atoms with Crippen LogP contribution >= 0.6 is 0 Å². The summed E-state index contributed by atoms with van der Waals surface area (Å²) in [4.78, 5) is 0. The number of fused-ring (bicyclic) bond motifs is 10. The quantitative estimate of drug-likeness (QED) is 0.185. The molecule has 2 aliphatic rings. The highest BCUT2D eigenvalue weighted by Crippen LogP contribution is 2.51. The molecule has 1 aromatic heterocycles. The van der Waals surface area contributed by atoms with Crippen LogP contribution in [0.25, 0.3) is 71.6 Å². The van der Waals surface area contributed by atoms with Gasteiger partial charge in [-0.3, -0.25) is 0 Å². The van der Waals surface area contributed by atoms with Gasteiger partial charge in [-0.05, 0) is 121 Å². The van der Waals surface area contributed by atoms with Gasteiger partial charge in [0.2, 0.25) is 0 Å². The SMILES string of the molecule is c1ccc(-n2c3ccc(-c4ccc5c(c4)-c4ccccc4C5c4cccc5ccccc45)cc3c3cc4c(cc32)Cc2ccccc2-4)cc1. The number of rotatable bonds is 3. The van der Waals surface area contributed by atoms with Crippen molar-refractivity contribution in [3.63, 3.8) is 0 Å². The third-order valence-electron chi connectivity index (χ3n) is 11.1. The monoisotopic (exact) mass is 621 g/mol. The number of benzene rings is 8. The smallest absolute Gasteiger partial charge is 0.0544 e. The molecule has 1 nitrogen and oxygen atoms in total. The summed E-state index contributed by atoms with van der Waals surface area (Å²) >= 11 is 0. The van der Waals surface area contributed by atoms with Gasteiger partial charge < -0.3 is 4.57 Å². The molecule has 0 aliphatic heterocycles. The topological polar surface area (TPSA) is 4.93 Å². The van der Waals surface area contributed by atoms with Gasteiger partial charge in [-0.2, -0.15) is 0 Å². The van der Waals surface area contributed by atoms with Crippen molar-refractivity contribution in [1.82, 2.24) is 4.57 Å². The molecule has 1 heterocycles. The minimum atomic E-state index is 0.211. The lowest BCUT2D eigenvalue weighted by Gasteiger charge is -2.17. The highest BCUT2D eigenvalue weighted by atomic mass is 15.0. The Morgan fingerprint density at radius 2 is 1.08 bits per heavy atom. The predicted octanol–water partition coefficient (Wildman–Crippen LogP) is 12.3. The van der Waals surface area contributed by atoms with Gasteiger partial charge >= 0.3 is 0 Å². The second kappa shape index (κ2) is 10.2. The van der Waals surface area contributed by atoms with E-state index in [1.54, 1.807) is 0 Å². The average Bonchev–Trinajstić information content (AvgIpc) is 3.80. The van der Waals surface area contributed by atoms with E-state index in [0.717, 1.165) is 6.42 Å². The zero-order valence-corrected chi connectivity index (χ0v) is 26.9. The first-order valence-electron chi connectivity index (χ1n) is 17.3. The maximum atomic E-state index is 2.45. The van der Waals surface area contributed by atoms with Crippen molar-refractivity contribution in [2.45, 2.75) is 12.3 Å². The van der Waals surface area contributed by atoms with Crippen molar-refractivity contribution in [2.24, 2.45) is 0 Å². The second-order valence-corrected chi connectivity index (χ2v) is 13.7. The summed E-state index contributed by atoms with van der Waals surface area (Å²) in [7, 11) is 0. The average molecular weight is 622 g/mol. The summed E-state index contributed by atoms with van der Waals surface area (Å²) in [6.45, 7) is 0. The van der Waals surface area contributed by atoms with E-state index in [0.29, 0.717) is 0 Å². The van der Waals surface area contributed by atoms with Crippen LogP contribution in [0.4, 0.5) is 0 Å². The lowest BCUT2D eigenvalue weighted by Crippen LogP contribution is -2.00. The van der Waals surface area contributed by atoms with Crippen LogP contribution in [-0.4, -0.2) is 4.57 Å². The van der Waals surface area contributed by atoms with Crippen LogP contribution in [0.5, 0.6) is 0 Å². The van der Waals surface area contributed by atoms with E-state index in [2.05, 4.69) is 174 Å².